The normalized spacial score (nSPS) is 25.5. The third kappa shape index (κ3) is 4.55. The van der Waals surface area contributed by atoms with E-state index >= 15 is 0 Å². The number of nitrogens with two attached hydrogens (primary N) is 1. The number of amides is 1. The van der Waals surface area contributed by atoms with Crippen molar-refractivity contribution < 1.29 is 22.7 Å². The van der Waals surface area contributed by atoms with Crippen LogP contribution in [0.1, 0.15) is 33.6 Å². The van der Waals surface area contributed by atoms with Crippen molar-refractivity contribution in [2.45, 2.75) is 44.8 Å². The minimum atomic E-state index is -3.47. The van der Waals surface area contributed by atoms with Gasteiger partial charge in [0.25, 0.3) is 0 Å². The van der Waals surface area contributed by atoms with Crippen molar-refractivity contribution in [3.8, 4) is 0 Å². The Morgan fingerprint density at radius 2 is 2.05 bits per heavy atom. The lowest BCUT2D eigenvalue weighted by Crippen LogP contribution is -2.67. The monoisotopic (exact) mass is 320 g/mol. The van der Waals surface area contributed by atoms with Crippen molar-refractivity contribution in [3.05, 3.63) is 0 Å². The molecule has 0 aromatic heterocycles. The largest absolute Gasteiger partial charge is 0.444 e. The molecule has 0 bridgehead atoms. The summed E-state index contributed by atoms with van der Waals surface area (Å²) in [5, 5.41) is 5.11. The van der Waals surface area contributed by atoms with Crippen LogP contribution in [-0.4, -0.2) is 56.1 Å². The van der Waals surface area contributed by atoms with Gasteiger partial charge in [-0.15, -0.1) is 0 Å². The second kappa shape index (κ2) is 5.40. The standard InChI is InChI=1S/C13H24N2O5S/c1-12(2,3)20-11(16)15-8-13(9-15)6-10(4-5-19-13)7-21(14,17)18/h10H,4-9H2,1-3H3,(H2,14,17,18). The van der Waals surface area contributed by atoms with Gasteiger partial charge >= 0.3 is 6.09 Å². The van der Waals surface area contributed by atoms with E-state index in [0.717, 1.165) is 0 Å². The maximum atomic E-state index is 11.9. The first kappa shape index (κ1) is 16.5. The van der Waals surface area contributed by atoms with Gasteiger partial charge in [-0.2, -0.15) is 0 Å². The third-order valence-electron chi connectivity index (χ3n) is 3.67. The second-order valence-corrected chi connectivity index (χ2v) is 8.72. The summed E-state index contributed by atoms with van der Waals surface area (Å²) >= 11 is 0. The van der Waals surface area contributed by atoms with Gasteiger partial charge in [0.1, 0.15) is 11.2 Å². The molecule has 2 heterocycles. The molecule has 21 heavy (non-hydrogen) atoms. The van der Waals surface area contributed by atoms with Crippen molar-refractivity contribution in [1.29, 1.82) is 0 Å². The van der Waals surface area contributed by atoms with Crippen LogP contribution in [0.2, 0.25) is 0 Å². The molecular weight excluding hydrogens is 296 g/mol. The number of likely N-dealkylation sites (tertiary alicyclic amines) is 1. The Bertz CT molecular complexity index is 505. The fourth-order valence-corrected chi connectivity index (χ4v) is 3.87. The predicted molar refractivity (Wildman–Crippen MR) is 77.2 cm³/mol. The first-order chi connectivity index (χ1) is 9.48. The van der Waals surface area contributed by atoms with Crippen LogP contribution >= 0.6 is 0 Å². The SMILES string of the molecule is CC(C)(C)OC(=O)N1CC2(CC(CS(N)(=O)=O)CCO2)C1. The Morgan fingerprint density at radius 1 is 1.43 bits per heavy atom. The van der Waals surface area contributed by atoms with Crippen LogP contribution in [0.5, 0.6) is 0 Å². The summed E-state index contributed by atoms with van der Waals surface area (Å²) in [5.41, 5.74) is -0.950. The highest BCUT2D eigenvalue weighted by molar-refractivity contribution is 7.89. The maximum Gasteiger partial charge on any atom is 0.410 e. The molecule has 2 fully saturated rings. The maximum absolute atomic E-state index is 11.9. The summed E-state index contributed by atoms with van der Waals surface area (Å²) < 4.78 is 33.5. The van der Waals surface area contributed by atoms with Crippen LogP contribution in [0.15, 0.2) is 0 Å². The van der Waals surface area contributed by atoms with Gasteiger partial charge in [-0.05, 0) is 39.5 Å². The topological polar surface area (TPSA) is 98.9 Å². The molecule has 1 unspecified atom stereocenters. The zero-order valence-corrected chi connectivity index (χ0v) is 13.6. The van der Waals surface area contributed by atoms with E-state index in [9.17, 15) is 13.2 Å². The van der Waals surface area contributed by atoms with Gasteiger partial charge in [0.2, 0.25) is 10.0 Å². The summed E-state index contributed by atoms with van der Waals surface area (Å²) in [6.07, 6.45) is 0.943. The number of sulfonamides is 1. The molecule has 122 valence electrons. The number of hydrogen-bond donors (Lipinski definition) is 1. The Balaban J connectivity index is 1.88. The van der Waals surface area contributed by atoms with Crippen molar-refractivity contribution in [2.75, 3.05) is 25.4 Å². The molecule has 2 aliphatic heterocycles. The molecule has 1 amide bonds. The van der Waals surface area contributed by atoms with E-state index in [4.69, 9.17) is 14.6 Å². The lowest BCUT2D eigenvalue weighted by atomic mass is 9.81. The molecule has 0 aliphatic carbocycles. The zero-order chi connectivity index (χ0) is 15.9. The van der Waals surface area contributed by atoms with Crippen molar-refractivity contribution in [3.63, 3.8) is 0 Å². The van der Waals surface area contributed by atoms with Gasteiger partial charge in [-0.1, -0.05) is 0 Å². The summed E-state index contributed by atoms with van der Waals surface area (Å²) in [5.74, 6) is -0.0283. The van der Waals surface area contributed by atoms with E-state index in [1.807, 2.05) is 20.8 Å². The fourth-order valence-electron chi connectivity index (χ4n) is 2.93. The van der Waals surface area contributed by atoms with Gasteiger partial charge in [0.15, 0.2) is 0 Å². The van der Waals surface area contributed by atoms with Crippen LogP contribution in [0.25, 0.3) is 0 Å². The molecule has 2 saturated heterocycles. The van der Waals surface area contributed by atoms with Crippen LogP contribution in [0.3, 0.4) is 0 Å². The Hall–Kier alpha value is -0.860. The number of nitrogens with zero attached hydrogens (tertiary/aromatic N) is 1. The Morgan fingerprint density at radius 3 is 2.57 bits per heavy atom. The average Bonchev–Trinajstić information content (AvgIpc) is 2.21. The summed E-state index contributed by atoms with van der Waals surface area (Å²) in [7, 11) is -3.47. The van der Waals surface area contributed by atoms with Crippen molar-refractivity contribution in [1.82, 2.24) is 4.90 Å². The van der Waals surface area contributed by atoms with Gasteiger partial charge < -0.3 is 14.4 Å². The lowest BCUT2D eigenvalue weighted by molar-refractivity contribution is -0.170. The highest BCUT2D eigenvalue weighted by Gasteiger charge is 2.50. The van der Waals surface area contributed by atoms with E-state index in [2.05, 4.69) is 0 Å². The molecule has 0 saturated carbocycles. The van der Waals surface area contributed by atoms with E-state index in [1.165, 1.54) is 0 Å². The number of hydrogen-bond acceptors (Lipinski definition) is 5. The number of carbonyl (C=O) groups excluding carboxylic acids is 1. The first-order valence-electron chi connectivity index (χ1n) is 7.10. The van der Waals surface area contributed by atoms with Gasteiger partial charge in [-0.3, -0.25) is 0 Å². The molecule has 2 N–H and O–H groups in total. The van der Waals surface area contributed by atoms with E-state index < -0.39 is 21.2 Å². The third-order valence-corrected chi connectivity index (χ3v) is 4.61. The lowest BCUT2D eigenvalue weighted by Gasteiger charge is -2.52. The number of primary sulfonamides is 1. The average molecular weight is 320 g/mol. The molecule has 2 rings (SSSR count). The van der Waals surface area contributed by atoms with E-state index in [-0.39, 0.29) is 17.8 Å². The van der Waals surface area contributed by atoms with Gasteiger partial charge in [-0.25, -0.2) is 18.4 Å². The number of ether oxygens (including phenoxy) is 2. The van der Waals surface area contributed by atoms with Crippen LogP contribution in [0, 0.1) is 5.92 Å². The molecule has 0 aromatic carbocycles. The molecule has 1 atom stereocenters. The van der Waals surface area contributed by atoms with Crippen LogP contribution in [-0.2, 0) is 19.5 Å². The summed E-state index contributed by atoms with van der Waals surface area (Å²) in [6.45, 7) is 6.85. The summed E-state index contributed by atoms with van der Waals surface area (Å²) in [6, 6.07) is 0. The smallest absolute Gasteiger partial charge is 0.410 e. The minimum Gasteiger partial charge on any atom is -0.444 e. The van der Waals surface area contributed by atoms with Crippen molar-refractivity contribution >= 4 is 16.1 Å². The highest BCUT2D eigenvalue weighted by Crippen LogP contribution is 2.37. The minimum absolute atomic E-state index is 0.00506. The molecular formula is C13H24N2O5S. The fraction of sp³-hybridized carbons (Fsp3) is 0.923. The highest BCUT2D eigenvalue weighted by atomic mass is 32.2. The second-order valence-electron chi connectivity index (χ2n) is 7.06. The van der Waals surface area contributed by atoms with Gasteiger partial charge in [0.05, 0.1) is 18.8 Å². The number of rotatable bonds is 2. The zero-order valence-electron chi connectivity index (χ0n) is 12.8. The number of carbonyl (C=O) groups is 1. The van der Waals surface area contributed by atoms with E-state index in [1.54, 1.807) is 4.90 Å². The van der Waals surface area contributed by atoms with Gasteiger partial charge in [0, 0.05) is 6.61 Å². The summed E-state index contributed by atoms with van der Waals surface area (Å²) in [4.78, 5) is 13.5. The molecule has 7 nitrogen and oxygen atoms in total. The van der Waals surface area contributed by atoms with Crippen LogP contribution < -0.4 is 5.14 Å². The predicted octanol–water partition coefficient (Wildman–Crippen LogP) is 0.691. The Labute approximate surface area is 125 Å². The molecule has 2 aliphatic rings. The molecule has 8 heteroatoms. The molecule has 1 spiro atoms. The molecule has 0 aromatic rings. The Kier molecular flexibility index (Phi) is 4.25. The molecule has 0 radical (unpaired) electrons. The van der Waals surface area contributed by atoms with Crippen molar-refractivity contribution in [2.24, 2.45) is 11.1 Å². The van der Waals surface area contributed by atoms with Crippen LogP contribution in [0.4, 0.5) is 4.79 Å². The first-order valence-corrected chi connectivity index (χ1v) is 8.82. The quantitative estimate of drug-likeness (QED) is 0.807. The van der Waals surface area contributed by atoms with E-state index in [0.29, 0.717) is 32.5 Å².